The zero-order valence-corrected chi connectivity index (χ0v) is 21.9. The van der Waals surface area contributed by atoms with Gasteiger partial charge in [0, 0.05) is 26.0 Å². The second kappa shape index (κ2) is 9.80. The molecule has 7 heteroatoms. The van der Waals surface area contributed by atoms with Gasteiger partial charge in [-0.25, -0.2) is 4.98 Å². The number of aromatic nitrogens is 1. The molecule has 0 aliphatic heterocycles. The number of nitrogens with zero attached hydrogens (tertiary/aromatic N) is 3. The highest BCUT2D eigenvalue weighted by atomic mass is 79.9. The normalized spacial score (nSPS) is 14.6. The molecule has 174 valence electrons. The van der Waals surface area contributed by atoms with Crippen molar-refractivity contribution in [3.8, 4) is 23.3 Å². The van der Waals surface area contributed by atoms with Crippen LogP contribution in [0.3, 0.4) is 0 Å². The van der Waals surface area contributed by atoms with Crippen molar-refractivity contribution in [3.63, 3.8) is 0 Å². The second-order valence-electron chi connectivity index (χ2n) is 8.41. The smallest absolute Gasteiger partial charge is 0.142 e. The highest BCUT2D eigenvalue weighted by Gasteiger charge is 2.34. The highest BCUT2D eigenvalue weighted by molar-refractivity contribution is 9.10. The van der Waals surface area contributed by atoms with Gasteiger partial charge >= 0.3 is 0 Å². The van der Waals surface area contributed by atoms with Crippen LogP contribution in [0.25, 0.3) is 22.3 Å². The number of anilines is 1. The topological polar surface area (TPSA) is 86.5 Å². The molecular weight excluding hydrogens is 555 g/mol. The number of nitrogen functional groups attached to an aromatic ring is 1. The summed E-state index contributed by atoms with van der Waals surface area (Å²) in [5.74, 6) is -0.0948. The van der Waals surface area contributed by atoms with Crippen LogP contribution in [0, 0.1) is 22.7 Å². The number of hydrogen-bond acceptors (Lipinski definition) is 4. The van der Waals surface area contributed by atoms with Gasteiger partial charge < -0.3 is 5.73 Å². The number of nitriles is 2. The molecule has 1 aliphatic rings. The lowest BCUT2D eigenvalue weighted by Gasteiger charge is -2.31. The summed E-state index contributed by atoms with van der Waals surface area (Å²) in [6.07, 6.45) is 0.538. The summed E-state index contributed by atoms with van der Waals surface area (Å²) in [6, 6.07) is 27.4. The predicted molar refractivity (Wildman–Crippen MR) is 148 cm³/mol. The molecule has 0 radical (unpaired) electrons. The Balaban J connectivity index is 1.89. The lowest BCUT2D eigenvalue weighted by molar-refractivity contribution is 0.821. The molecule has 0 amide bonds. The Kier molecular flexibility index (Phi) is 6.56. The van der Waals surface area contributed by atoms with Crippen molar-refractivity contribution in [2.45, 2.75) is 12.3 Å². The van der Waals surface area contributed by atoms with Crippen LogP contribution in [-0.2, 0) is 0 Å². The Morgan fingerprint density at radius 1 is 0.833 bits per heavy atom. The van der Waals surface area contributed by atoms with Gasteiger partial charge in [0.2, 0.25) is 0 Å². The number of benzene rings is 3. The van der Waals surface area contributed by atoms with Crippen molar-refractivity contribution in [2.24, 2.45) is 0 Å². The van der Waals surface area contributed by atoms with E-state index in [2.05, 4.69) is 33.1 Å². The van der Waals surface area contributed by atoms with Crippen molar-refractivity contribution in [2.75, 3.05) is 5.73 Å². The quantitative estimate of drug-likeness (QED) is 0.268. The van der Waals surface area contributed by atoms with Crippen LogP contribution in [0.4, 0.5) is 5.82 Å². The summed E-state index contributed by atoms with van der Waals surface area (Å²) in [6.45, 7) is 0. The van der Waals surface area contributed by atoms with Gasteiger partial charge in [0.1, 0.15) is 23.5 Å². The molecule has 0 saturated carbocycles. The number of rotatable bonds is 3. The van der Waals surface area contributed by atoms with Crippen LogP contribution in [0.15, 0.2) is 77.3 Å². The van der Waals surface area contributed by atoms with Crippen LogP contribution >= 0.6 is 39.1 Å². The Bertz CT molecular complexity index is 1590. The van der Waals surface area contributed by atoms with Crippen LogP contribution in [0.5, 0.6) is 0 Å². The van der Waals surface area contributed by atoms with E-state index in [9.17, 15) is 10.5 Å². The third-order valence-electron chi connectivity index (χ3n) is 6.38. The van der Waals surface area contributed by atoms with Gasteiger partial charge in [-0.15, -0.1) is 0 Å². The van der Waals surface area contributed by atoms with Gasteiger partial charge in [0.15, 0.2) is 0 Å². The van der Waals surface area contributed by atoms with Crippen molar-refractivity contribution in [3.05, 3.63) is 115 Å². The van der Waals surface area contributed by atoms with Crippen molar-refractivity contribution in [1.29, 1.82) is 10.5 Å². The predicted octanol–water partition coefficient (Wildman–Crippen LogP) is 8.24. The largest absolute Gasteiger partial charge is 0.383 e. The molecule has 3 aromatic carbocycles. The number of allylic oxidation sites excluding steroid dienone is 2. The first-order chi connectivity index (χ1) is 17.4. The fraction of sp³-hybridized carbons (Fsp3) is 0.0690. The van der Waals surface area contributed by atoms with Gasteiger partial charge in [-0.3, -0.25) is 0 Å². The molecule has 2 N–H and O–H groups in total. The first kappa shape index (κ1) is 24.1. The van der Waals surface area contributed by atoms with Crippen LogP contribution in [0.2, 0.25) is 10.0 Å². The Hall–Kier alpha value is -3.61. The standard InChI is InChI=1S/C29H17BrCl2N4/c30-19-7-1-17(2-8-19)23-13-22(16-3-9-20(31)10-4-16)24(14-33)28-27(23)26(25(15-34)29(35)36-28)18-5-11-21(32)12-6-18/h1-12,23H,13H2,(H2,35,36). The van der Waals surface area contributed by atoms with E-state index >= 15 is 0 Å². The van der Waals surface area contributed by atoms with E-state index in [1.54, 1.807) is 12.1 Å². The van der Waals surface area contributed by atoms with Crippen LogP contribution in [-0.4, -0.2) is 4.98 Å². The van der Waals surface area contributed by atoms with E-state index < -0.39 is 0 Å². The minimum Gasteiger partial charge on any atom is -0.383 e. The van der Waals surface area contributed by atoms with Crippen LogP contribution < -0.4 is 5.73 Å². The zero-order chi connectivity index (χ0) is 25.4. The number of halogens is 3. The Morgan fingerprint density at radius 2 is 1.42 bits per heavy atom. The molecule has 36 heavy (non-hydrogen) atoms. The van der Waals surface area contributed by atoms with E-state index in [-0.39, 0.29) is 17.3 Å². The monoisotopic (exact) mass is 570 g/mol. The van der Waals surface area contributed by atoms with Crippen molar-refractivity contribution < 1.29 is 0 Å². The summed E-state index contributed by atoms with van der Waals surface area (Å²) >= 11 is 15.8. The molecular formula is C29H17BrCl2N4. The summed E-state index contributed by atoms with van der Waals surface area (Å²) in [4.78, 5) is 4.64. The summed E-state index contributed by atoms with van der Waals surface area (Å²) in [7, 11) is 0. The Morgan fingerprint density at radius 3 is 1.97 bits per heavy atom. The van der Waals surface area contributed by atoms with Gasteiger partial charge in [0.25, 0.3) is 0 Å². The van der Waals surface area contributed by atoms with E-state index in [1.165, 1.54) is 0 Å². The second-order valence-corrected chi connectivity index (χ2v) is 10.2. The lowest BCUT2D eigenvalue weighted by Crippen LogP contribution is -2.17. The van der Waals surface area contributed by atoms with E-state index in [4.69, 9.17) is 28.9 Å². The number of nitrogens with two attached hydrogens (primary N) is 1. The summed E-state index contributed by atoms with van der Waals surface area (Å²) in [5, 5.41) is 21.6. The maximum atomic E-state index is 10.3. The maximum Gasteiger partial charge on any atom is 0.142 e. The molecule has 0 spiro atoms. The minimum atomic E-state index is -0.179. The van der Waals surface area contributed by atoms with Crippen LogP contribution in [0.1, 0.15) is 40.3 Å². The van der Waals surface area contributed by atoms with Crippen molar-refractivity contribution >= 4 is 56.1 Å². The molecule has 1 aliphatic carbocycles. The molecule has 0 bridgehead atoms. The van der Waals surface area contributed by atoms with E-state index in [0.29, 0.717) is 33.3 Å². The molecule has 0 fully saturated rings. The summed E-state index contributed by atoms with van der Waals surface area (Å²) < 4.78 is 0.958. The van der Waals surface area contributed by atoms with Crippen molar-refractivity contribution in [1.82, 2.24) is 4.98 Å². The van der Waals surface area contributed by atoms with E-state index in [1.807, 2.05) is 60.7 Å². The lowest BCUT2D eigenvalue weighted by atomic mass is 9.73. The summed E-state index contributed by atoms with van der Waals surface area (Å²) in [5.41, 5.74) is 12.6. The molecule has 0 saturated heterocycles. The first-order valence-electron chi connectivity index (χ1n) is 11.1. The number of pyridine rings is 1. The maximum absolute atomic E-state index is 10.3. The molecule has 1 aromatic heterocycles. The first-order valence-corrected chi connectivity index (χ1v) is 12.6. The average molecular weight is 572 g/mol. The minimum absolute atomic E-state index is 0.0841. The fourth-order valence-electron chi connectivity index (χ4n) is 4.74. The molecule has 1 heterocycles. The van der Waals surface area contributed by atoms with Gasteiger partial charge in [0.05, 0.1) is 11.3 Å². The van der Waals surface area contributed by atoms with Gasteiger partial charge in [-0.1, -0.05) is 75.5 Å². The molecule has 4 nitrogen and oxygen atoms in total. The molecule has 4 aromatic rings. The van der Waals surface area contributed by atoms with E-state index in [0.717, 1.165) is 32.3 Å². The molecule has 1 atom stereocenters. The number of fused-ring (bicyclic) bond motifs is 1. The highest BCUT2D eigenvalue weighted by Crippen LogP contribution is 2.50. The molecule has 1 unspecified atom stereocenters. The SMILES string of the molecule is N#CC1=C(c2ccc(Cl)cc2)CC(c2ccc(Br)cc2)c2c1nc(N)c(C#N)c2-c1ccc(Cl)cc1. The number of hydrogen-bond donors (Lipinski definition) is 1. The Labute approximate surface area is 227 Å². The van der Waals surface area contributed by atoms with Gasteiger partial charge in [-0.2, -0.15) is 10.5 Å². The fourth-order valence-corrected chi connectivity index (χ4v) is 5.26. The van der Waals surface area contributed by atoms with Gasteiger partial charge in [-0.05, 0) is 70.6 Å². The zero-order valence-electron chi connectivity index (χ0n) is 18.8. The third-order valence-corrected chi connectivity index (χ3v) is 7.41. The molecule has 5 rings (SSSR count). The average Bonchev–Trinajstić information content (AvgIpc) is 2.88. The third kappa shape index (κ3) is 4.27.